The van der Waals surface area contributed by atoms with Crippen LogP contribution in [-0.2, 0) is 6.42 Å². The van der Waals surface area contributed by atoms with E-state index in [0.717, 1.165) is 28.8 Å². The average Bonchev–Trinajstić information content (AvgIpc) is 3.19. The van der Waals surface area contributed by atoms with Crippen LogP contribution in [0.2, 0.25) is 0 Å². The van der Waals surface area contributed by atoms with Crippen LogP contribution in [0.4, 0.5) is 5.69 Å². The molecule has 2 aromatic carbocycles. The lowest BCUT2D eigenvalue weighted by atomic mass is 10.1. The molecule has 1 amide bonds. The normalized spacial score (nSPS) is 10.3. The van der Waals surface area contributed by atoms with Crippen molar-refractivity contribution in [2.24, 2.45) is 0 Å². The predicted octanol–water partition coefficient (Wildman–Crippen LogP) is 3.58. The van der Waals surface area contributed by atoms with Gasteiger partial charge in [-0.05, 0) is 42.8 Å². The minimum absolute atomic E-state index is 0.315. The molecule has 0 aliphatic rings. The number of amides is 1. The average molecular weight is 379 g/mol. The number of nitrogens with zero attached hydrogens (tertiary/aromatic N) is 1. The van der Waals surface area contributed by atoms with Gasteiger partial charge in [0.1, 0.15) is 5.69 Å². The summed E-state index contributed by atoms with van der Waals surface area (Å²) in [5.74, 6) is -0.352. The number of para-hydroxylation sites is 1. The number of aromatic amines is 1. The predicted molar refractivity (Wildman–Crippen MR) is 111 cm³/mol. The van der Waals surface area contributed by atoms with Gasteiger partial charge in [-0.3, -0.25) is 20.7 Å². The number of carbonyl (C=O) groups is 1. The van der Waals surface area contributed by atoms with Crippen LogP contribution in [0.15, 0.2) is 54.6 Å². The standard InChI is InChI=1S/C20H21N5OS/c1-3-14-11-7-8-13(2)18(14)21-20(27)25-24-19(26)17-12-16(22-23-17)15-9-5-4-6-10-15/h4-12H,3H2,1-2H3,(H,22,23)(H,24,26)(H2,21,25,27). The maximum Gasteiger partial charge on any atom is 0.287 e. The quantitative estimate of drug-likeness (QED) is 0.411. The molecule has 0 saturated carbocycles. The van der Waals surface area contributed by atoms with Crippen molar-refractivity contribution in [2.45, 2.75) is 20.3 Å². The zero-order chi connectivity index (χ0) is 19.2. The second-order valence-corrected chi connectivity index (χ2v) is 6.44. The van der Waals surface area contributed by atoms with Gasteiger partial charge in [-0.1, -0.05) is 55.5 Å². The molecule has 27 heavy (non-hydrogen) atoms. The second-order valence-electron chi connectivity index (χ2n) is 6.03. The van der Waals surface area contributed by atoms with Crippen LogP contribution in [0.25, 0.3) is 11.3 Å². The monoisotopic (exact) mass is 379 g/mol. The minimum Gasteiger partial charge on any atom is -0.331 e. The third-order valence-electron chi connectivity index (χ3n) is 4.16. The lowest BCUT2D eigenvalue weighted by Crippen LogP contribution is -2.44. The summed E-state index contributed by atoms with van der Waals surface area (Å²) in [4.78, 5) is 12.3. The number of H-pyrrole nitrogens is 1. The molecule has 0 saturated heterocycles. The van der Waals surface area contributed by atoms with Gasteiger partial charge in [-0.2, -0.15) is 5.10 Å². The Morgan fingerprint density at radius 3 is 2.63 bits per heavy atom. The van der Waals surface area contributed by atoms with E-state index in [1.54, 1.807) is 6.07 Å². The Morgan fingerprint density at radius 2 is 1.89 bits per heavy atom. The van der Waals surface area contributed by atoms with Gasteiger partial charge < -0.3 is 5.32 Å². The smallest absolute Gasteiger partial charge is 0.287 e. The first-order valence-electron chi connectivity index (χ1n) is 8.65. The fourth-order valence-electron chi connectivity index (χ4n) is 2.72. The highest BCUT2D eigenvalue weighted by molar-refractivity contribution is 7.80. The Bertz CT molecular complexity index is 952. The van der Waals surface area contributed by atoms with Crippen molar-refractivity contribution in [1.82, 2.24) is 21.0 Å². The molecule has 0 aliphatic carbocycles. The van der Waals surface area contributed by atoms with Gasteiger partial charge in [0, 0.05) is 11.3 Å². The first-order chi connectivity index (χ1) is 13.1. The third-order valence-corrected chi connectivity index (χ3v) is 4.36. The number of rotatable bonds is 4. The molecule has 138 valence electrons. The number of hydrogen-bond acceptors (Lipinski definition) is 3. The van der Waals surface area contributed by atoms with Crippen molar-refractivity contribution >= 4 is 28.9 Å². The van der Waals surface area contributed by atoms with Crippen LogP contribution in [0.1, 0.15) is 28.5 Å². The van der Waals surface area contributed by atoms with E-state index in [1.165, 1.54) is 0 Å². The summed E-state index contributed by atoms with van der Waals surface area (Å²) in [6.45, 7) is 4.10. The molecule has 7 heteroatoms. The van der Waals surface area contributed by atoms with E-state index >= 15 is 0 Å². The highest BCUT2D eigenvalue weighted by Gasteiger charge is 2.12. The van der Waals surface area contributed by atoms with Gasteiger partial charge in [0.25, 0.3) is 5.91 Å². The summed E-state index contributed by atoms with van der Waals surface area (Å²) in [5, 5.41) is 10.4. The van der Waals surface area contributed by atoms with E-state index in [1.807, 2.05) is 55.5 Å². The topological polar surface area (TPSA) is 81.8 Å². The fourth-order valence-corrected chi connectivity index (χ4v) is 2.88. The summed E-state index contributed by atoms with van der Waals surface area (Å²) in [5.41, 5.74) is 10.5. The number of hydrogen-bond donors (Lipinski definition) is 4. The van der Waals surface area contributed by atoms with Crippen molar-refractivity contribution < 1.29 is 4.79 Å². The molecule has 3 aromatic rings. The van der Waals surface area contributed by atoms with Gasteiger partial charge >= 0.3 is 0 Å². The molecule has 0 fully saturated rings. The number of hydrazine groups is 1. The zero-order valence-corrected chi connectivity index (χ0v) is 16.0. The summed E-state index contributed by atoms with van der Waals surface area (Å²) in [6.07, 6.45) is 0.884. The number of aryl methyl sites for hydroxylation is 2. The van der Waals surface area contributed by atoms with Crippen molar-refractivity contribution in [1.29, 1.82) is 0 Å². The van der Waals surface area contributed by atoms with E-state index in [-0.39, 0.29) is 5.91 Å². The summed E-state index contributed by atoms with van der Waals surface area (Å²) < 4.78 is 0. The number of thiocarbonyl (C=S) groups is 1. The minimum atomic E-state index is -0.352. The van der Waals surface area contributed by atoms with E-state index in [0.29, 0.717) is 16.5 Å². The van der Waals surface area contributed by atoms with Gasteiger partial charge in [0.05, 0.1) is 5.69 Å². The van der Waals surface area contributed by atoms with Crippen molar-refractivity contribution in [3.05, 3.63) is 71.4 Å². The van der Waals surface area contributed by atoms with Gasteiger partial charge in [-0.15, -0.1) is 0 Å². The maximum atomic E-state index is 12.3. The van der Waals surface area contributed by atoms with Crippen molar-refractivity contribution in [2.75, 3.05) is 5.32 Å². The SMILES string of the molecule is CCc1cccc(C)c1NC(=S)NNC(=O)c1cc(-c2ccccc2)n[nH]1. The van der Waals surface area contributed by atoms with E-state index in [4.69, 9.17) is 12.2 Å². The molecule has 4 N–H and O–H groups in total. The molecule has 0 spiro atoms. The largest absolute Gasteiger partial charge is 0.331 e. The number of anilines is 1. The van der Waals surface area contributed by atoms with Crippen LogP contribution in [-0.4, -0.2) is 21.2 Å². The molecular formula is C20H21N5OS. The van der Waals surface area contributed by atoms with E-state index < -0.39 is 0 Å². The zero-order valence-electron chi connectivity index (χ0n) is 15.2. The van der Waals surface area contributed by atoms with Crippen LogP contribution < -0.4 is 16.2 Å². The molecule has 3 rings (SSSR count). The van der Waals surface area contributed by atoms with Crippen molar-refractivity contribution in [3.63, 3.8) is 0 Å². The maximum absolute atomic E-state index is 12.3. The van der Waals surface area contributed by atoms with Crippen LogP contribution >= 0.6 is 12.2 Å². The first kappa shape index (κ1) is 18.6. The molecule has 0 aliphatic heterocycles. The van der Waals surface area contributed by atoms with Crippen LogP contribution in [0.5, 0.6) is 0 Å². The van der Waals surface area contributed by atoms with Crippen LogP contribution in [0, 0.1) is 6.92 Å². The Kier molecular flexibility index (Phi) is 5.83. The number of aromatic nitrogens is 2. The summed E-state index contributed by atoms with van der Waals surface area (Å²) in [7, 11) is 0. The molecular weight excluding hydrogens is 358 g/mol. The molecule has 1 heterocycles. The Labute approximate surface area is 163 Å². The highest BCUT2D eigenvalue weighted by Crippen LogP contribution is 2.21. The van der Waals surface area contributed by atoms with Gasteiger partial charge in [0.2, 0.25) is 0 Å². The number of carbonyl (C=O) groups excluding carboxylic acids is 1. The first-order valence-corrected chi connectivity index (χ1v) is 9.06. The lowest BCUT2D eigenvalue weighted by Gasteiger charge is -2.15. The Balaban J connectivity index is 1.60. The molecule has 0 atom stereocenters. The molecule has 1 aromatic heterocycles. The fraction of sp³-hybridized carbons (Fsp3) is 0.150. The van der Waals surface area contributed by atoms with E-state index in [9.17, 15) is 4.79 Å². The summed E-state index contributed by atoms with van der Waals surface area (Å²) in [6, 6.07) is 17.4. The molecule has 0 unspecified atom stereocenters. The second kappa shape index (κ2) is 8.46. The van der Waals surface area contributed by atoms with E-state index in [2.05, 4.69) is 33.3 Å². The molecule has 6 nitrogen and oxygen atoms in total. The number of nitrogens with one attached hydrogen (secondary N) is 4. The Morgan fingerprint density at radius 1 is 1.11 bits per heavy atom. The molecule has 0 bridgehead atoms. The molecule has 0 radical (unpaired) electrons. The third kappa shape index (κ3) is 4.51. The van der Waals surface area contributed by atoms with Crippen LogP contribution in [0.3, 0.4) is 0 Å². The van der Waals surface area contributed by atoms with Gasteiger partial charge in [0.15, 0.2) is 5.11 Å². The Hall–Kier alpha value is -3.19. The van der Waals surface area contributed by atoms with Crippen molar-refractivity contribution in [3.8, 4) is 11.3 Å². The lowest BCUT2D eigenvalue weighted by molar-refractivity contribution is 0.0939. The number of benzene rings is 2. The van der Waals surface area contributed by atoms with Gasteiger partial charge in [-0.25, -0.2) is 0 Å². The highest BCUT2D eigenvalue weighted by atomic mass is 32.1. The summed E-state index contributed by atoms with van der Waals surface area (Å²) >= 11 is 5.29.